The van der Waals surface area contributed by atoms with Crippen molar-refractivity contribution in [2.45, 2.75) is 38.0 Å². The lowest BCUT2D eigenvalue weighted by Crippen LogP contribution is -2.38. The zero-order chi connectivity index (χ0) is 17.4. The maximum absolute atomic E-state index is 12.1. The molecule has 1 fully saturated rings. The standard InChI is InChI=1S/C20H26N4O/c1-14-16(12-23-24(14)2)8-10-21-19(25)22-13-17-11-20(17)9-7-15-5-3-4-6-18(15)20/h3-6,12,17H,7-11,13H2,1-2H3,(H2,21,22,25)/t17-,20-/m0/s1. The van der Waals surface area contributed by atoms with Gasteiger partial charge in [0.05, 0.1) is 6.20 Å². The number of carbonyl (C=O) groups is 1. The van der Waals surface area contributed by atoms with E-state index < -0.39 is 0 Å². The van der Waals surface area contributed by atoms with Crippen LogP contribution in [0.5, 0.6) is 0 Å². The van der Waals surface area contributed by atoms with Crippen molar-refractivity contribution in [2.24, 2.45) is 13.0 Å². The highest BCUT2D eigenvalue weighted by Gasteiger charge is 2.57. The quantitative estimate of drug-likeness (QED) is 0.880. The number of carbonyl (C=O) groups excluding carboxylic acids is 1. The largest absolute Gasteiger partial charge is 0.338 e. The third kappa shape index (κ3) is 2.92. The minimum Gasteiger partial charge on any atom is -0.338 e. The van der Waals surface area contributed by atoms with Crippen molar-refractivity contribution >= 4 is 6.03 Å². The SMILES string of the molecule is Cc1c(CCNC(=O)NC[C@@H]2C[C@@]23CCc2ccccc23)cnn1C. The monoisotopic (exact) mass is 338 g/mol. The van der Waals surface area contributed by atoms with E-state index in [1.165, 1.54) is 36.0 Å². The van der Waals surface area contributed by atoms with E-state index in [1.807, 2.05) is 24.9 Å². The lowest BCUT2D eigenvalue weighted by Gasteiger charge is -2.12. The second-order valence-corrected chi connectivity index (χ2v) is 7.48. The first-order valence-corrected chi connectivity index (χ1v) is 9.18. The molecule has 2 N–H and O–H groups in total. The number of rotatable bonds is 5. The Labute approximate surface area is 148 Å². The van der Waals surface area contributed by atoms with Gasteiger partial charge >= 0.3 is 6.03 Å². The van der Waals surface area contributed by atoms with E-state index in [9.17, 15) is 4.79 Å². The molecular formula is C20H26N4O. The molecule has 1 heterocycles. The van der Waals surface area contributed by atoms with Crippen molar-refractivity contribution in [1.82, 2.24) is 20.4 Å². The molecule has 5 nitrogen and oxygen atoms in total. The van der Waals surface area contributed by atoms with E-state index in [0.29, 0.717) is 17.9 Å². The van der Waals surface area contributed by atoms with Crippen LogP contribution in [0.15, 0.2) is 30.5 Å². The van der Waals surface area contributed by atoms with Crippen molar-refractivity contribution in [2.75, 3.05) is 13.1 Å². The van der Waals surface area contributed by atoms with Crippen LogP contribution >= 0.6 is 0 Å². The van der Waals surface area contributed by atoms with Gasteiger partial charge in [0.2, 0.25) is 0 Å². The number of hydrogen-bond donors (Lipinski definition) is 2. The molecule has 0 saturated heterocycles. The van der Waals surface area contributed by atoms with Gasteiger partial charge in [-0.05, 0) is 55.2 Å². The topological polar surface area (TPSA) is 59.0 Å². The minimum absolute atomic E-state index is 0.0603. The summed E-state index contributed by atoms with van der Waals surface area (Å²) in [7, 11) is 1.94. The summed E-state index contributed by atoms with van der Waals surface area (Å²) in [4.78, 5) is 12.1. The van der Waals surface area contributed by atoms with Crippen molar-refractivity contribution in [1.29, 1.82) is 0 Å². The Morgan fingerprint density at radius 1 is 1.36 bits per heavy atom. The predicted octanol–water partition coefficient (Wildman–Crippen LogP) is 2.47. The van der Waals surface area contributed by atoms with E-state index in [1.54, 1.807) is 0 Å². The lowest BCUT2D eigenvalue weighted by atomic mass is 9.95. The molecule has 25 heavy (non-hydrogen) atoms. The van der Waals surface area contributed by atoms with Crippen molar-refractivity contribution < 1.29 is 4.79 Å². The van der Waals surface area contributed by atoms with Crippen LogP contribution in [-0.2, 0) is 25.3 Å². The van der Waals surface area contributed by atoms with E-state index in [-0.39, 0.29) is 6.03 Å². The first-order chi connectivity index (χ1) is 12.1. The molecule has 1 aromatic heterocycles. The van der Waals surface area contributed by atoms with Gasteiger partial charge in [-0.2, -0.15) is 5.10 Å². The molecule has 132 valence electrons. The van der Waals surface area contributed by atoms with E-state index in [2.05, 4.69) is 40.0 Å². The zero-order valence-electron chi connectivity index (χ0n) is 15.0. The van der Waals surface area contributed by atoms with Crippen LogP contribution in [0.4, 0.5) is 4.79 Å². The third-order valence-electron chi connectivity index (χ3n) is 6.15. The Hall–Kier alpha value is -2.30. The number of fused-ring (bicyclic) bond motifs is 2. The number of amides is 2. The number of nitrogens with zero attached hydrogens (tertiary/aromatic N) is 2. The molecule has 5 heteroatoms. The smallest absolute Gasteiger partial charge is 0.314 e. The van der Waals surface area contributed by atoms with Crippen molar-refractivity contribution in [3.63, 3.8) is 0 Å². The third-order valence-corrected chi connectivity index (χ3v) is 6.15. The van der Waals surface area contributed by atoms with Crippen LogP contribution in [0.3, 0.4) is 0 Å². The first-order valence-electron chi connectivity index (χ1n) is 9.18. The fraction of sp³-hybridized carbons (Fsp3) is 0.500. The first kappa shape index (κ1) is 16.2. The summed E-state index contributed by atoms with van der Waals surface area (Å²) in [6, 6.07) is 8.74. The van der Waals surface area contributed by atoms with E-state index in [0.717, 1.165) is 18.7 Å². The van der Waals surface area contributed by atoms with Crippen LogP contribution in [0.1, 0.15) is 35.2 Å². The van der Waals surface area contributed by atoms with Gasteiger partial charge in [-0.15, -0.1) is 0 Å². The number of aromatic nitrogens is 2. The van der Waals surface area contributed by atoms with Gasteiger partial charge in [0.15, 0.2) is 0 Å². The Kier molecular flexibility index (Phi) is 4.02. The molecular weight excluding hydrogens is 312 g/mol. The molecule has 1 saturated carbocycles. The number of hydrogen-bond acceptors (Lipinski definition) is 2. The Morgan fingerprint density at radius 2 is 2.20 bits per heavy atom. The van der Waals surface area contributed by atoms with Crippen LogP contribution in [0.25, 0.3) is 0 Å². The second-order valence-electron chi connectivity index (χ2n) is 7.48. The summed E-state index contributed by atoms with van der Waals surface area (Å²) < 4.78 is 1.86. The predicted molar refractivity (Wildman–Crippen MR) is 97.6 cm³/mol. The highest BCUT2D eigenvalue weighted by molar-refractivity contribution is 5.73. The minimum atomic E-state index is -0.0603. The fourth-order valence-corrected chi connectivity index (χ4v) is 4.38. The average molecular weight is 338 g/mol. The molecule has 4 rings (SSSR count). The van der Waals surface area contributed by atoms with Gasteiger partial charge in [-0.3, -0.25) is 4.68 Å². The highest BCUT2D eigenvalue weighted by atomic mass is 16.2. The van der Waals surface area contributed by atoms with Gasteiger partial charge in [0.1, 0.15) is 0 Å². The Balaban J connectivity index is 1.22. The van der Waals surface area contributed by atoms with Gasteiger partial charge in [-0.1, -0.05) is 24.3 Å². The Bertz CT molecular complexity index is 797. The van der Waals surface area contributed by atoms with Gasteiger partial charge in [-0.25, -0.2) is 4.79 Å². The number of benzene rings is 1. The molecule has 2 aliphatic rings. The molecule has 0 unspecified atom stereocenters. The van der Waals surface area contributed by atoms with Gasteiger partial charge in [0, 0.05) is 31.2 Å². The number of aryl methyl sites for hydroxylation is 2. The lowest BCUT2D eigenvalue weighted by molar-refractivity contribution is 0.240. The normalized spacial score (nSPS) is 23.5. The molecule has 0 bridgehead atoms. The summed E-state index contributed by atoms with van der Waals surface area (Å²) in [5.41, 5.74) is 5.71. The summed E-state index contributed by atoms with van der Waals surface area (Å²) in [6.07, 6.45) is 6.32. The Morgan fingerprint density at radius 3 is 3.00 bits per heavy atom. The van der Waals surface area contributed by atoms with Gasteiger partial charge in [0.25, 0.3) is 0 Å². The number of nitrogens with one attached hydrogen (secondary N) is 2. The average Bonchev–Trinajstić information content (AvgIpc) is 3.08. The maximum atomic E-state index is 12.1. The summed E-state index contributed by atoms with van der Waals surface area (Å²) in [5.74, 6) is 0.586. The highest BCUT2D eigenvalue weighted by Crippen LogP contribution is 2.61. The van der Waals surface area contributed by atoms with Crippen LogP contribution in [-0.4, -0.2) is 28.9 Å². The van der Waals surface area contributed by atoms with Crippen molar-refractivity contribution in [3.05, 3.63) is 52.8 Å². The molecule has 1 spiro atoms. The fourth-order valence-electron chi connectivity index (χ4n) is 4.38. The van der Waals surface area contributed by atoms with Crippen LogP contribution in [0, 0.1) is 12.8 Å². The van der Waals surface area contributed by atoms with E-state index >= 15 is 0 Å². The maximum Gasteiger partial charge on any atom is 0.314 e. The molecule has 2 atom stereocenters. The van der Waals surface area contributed by atoms with E-state index in [4.69, 9.17) is 0 Å². The van der Waals surface area contributed by atoms with Crippen LogP contribution in [0.2, 0.25) is 0 Å². The molecule has 1 aromatic carbocycles. The van der Waals surface area contributed by atoms with Crippen LogP contribution < -0.4 is 10.6 Å². The van der Waals surface area contributed by atoms with Gasteiger partial charge < -0.3 is 10.6 Å². The summed E-state index contributed by atoms with van der Waals surface area (Å²) in [5, 5.41) is 10.3. The molecule has 2 aliphatic carbocycles. The molecule has 0 aliphatic heterocycles. The second kappa shape index (κ2) is 6.21. The molecule has 2 amide bonds. The summed E-state index contributed by atoms with van der Waals surface area (Å²) >= 11 is 0. The number of urea groups is 1. The zero-order valence-corrected chi connectivity index (χ0v) is 15.0. The van der Waals surface area contributed by atoms with Crippen molar-refractivity contribution in [3.8, 4) is 0 Å². The molecule has 2 aromatic rings. The molecule has 0 radical (unpaired) electrons. The summed E-state index contributed by atoms with van der Waals surface area (Å²) in [6.45, 7) is 3.46.